The van der Waals surface area contributed by atoms with E-state index in [9.17, 15) is 14.0 Å². The monoisotopic (exact) mass is 476 g/mol. The number of benzene rings is 2. The molecule has 0 saturated carbocycles. The third-order valence-electron chi connectivity index (χ3n) is 6.57. The Labute approximate surface area is 206 Å². The molecule has 0 spiro atoms. The van der Waals surface area contributed by atoms with Crippen molar-refractivity contribution in [2.24, 2.45) is 5.92 Å². The van der Waals surface area contributed by atoms with E-state index in [1.165, 1.54) is 12.1 Å². The van der Waals surface area contributed by atoms with Gasteiger partial charge in [0, 0.05) is 37.2 Å². The molecule has 0 bridgehead atoms. The maximum absolute atomic E-state index is 14.1. The van der Waals surface area contributed by atoms with E-state index >= 15 is 0 Å². The standard InChI is InChI=1S/C28H33FN4O2/c1-19(2)17-32(28(35)30-24-11-5-8-20(3)21(24)4)18-26(34)33-15-14-31-13-7-12-25(31)27(33)22-9-6-10-23(29)16-22/h5-13,16,19,27H,14-15,17-18H2,1-4H3,(H,30,35). The lowest BCUT2D eigenvalue weighted by Crippen LogP contribution is -2.49. The number of halogens is 1. The van der Waals surface area contributed by atoms with Crippen molar-refractivity contribution in [1.29, 1.82) is 0 Å². The second kappa shape index (κ2) is 10.3. The lowest BCUT2D eigenvalue weighted by atomic mass is 9.99. The van der Waals surface area contributed by atoms with Gasteiger partial charge in [-0.1, -0.05) is 38.1 Å². The third-order valence-corrected chi connectivity index (χ3v) is 6.57. The number of urea groups is 1. The smallest absolute Gasteiger partial charge is 0.322 e. The lowest BCUT2D eigenvalue weighted by Gasteiger charge is -2.38. The summed E-state index contributed by atoms with van der Waals surface area (Å²) in [5.74, 6) is -0.318. The van der Waals surface area contributed by atoms with Gasteiger partial charge in [0.15, 0.2) is 0 Å². The molecule has 2 heterocycles. The molecular formula is C28H33FN4O2. The average molecular weight is 477 g/mol. The minimum atomic E-state index is -0.412. The molecule has 184 valence electrons. The summed E-state index contributed by atoms with van der Waals surface area (Å²) in [5, 5.41) is 2.99. The topological polar surface area (TPSA) is 57.6 Å². The van der Waals surface area contributed by atoms with E-state index in [0.717, 1.165) is 22.5 Å². The molecule has 6 nitrogen and oxygen atoms in total. The van der Waals surface area contributed by atoms with Gasteiger partial charge in [-0.15, -0.1) is 0 Å². The van der Waals surface area contributed by atoms with Crippen LogP contribution < -0.4 is 5.32 Å². The number of hydrogen-bond donors (Lipinski definition) is 1. The van der Waals surface area contributed by atoms with Crippen molar-refractivity contribution in [3.8, 4) is 0 Å². The molecule has 1 unspecified atom stereocenters. The third kappa shape index (κ3) is 5.39. The molecule has 1 atom stereocenters. The van der Waals surface area contributed by atoms with Crippen LogP contribution in [0.25, 0.3) is 0 Å². The van der Waals surface area contributed by atoms with Crippen LogP contribution in [0.5, 0.6) is 0 Å². The first-order valence-corrected chi connectivity index (χ1v) is 12.1. The van der Waals surface area contributed by atoms with Crippen LogP contribution in [0, 0.1) is 25.6 Å². The van der Waals surface area contributed by atoms with Crippen molar-refractivity contribution in [3.63, 3.8) is 0 Å². The Morgan fingerprint density at radius 1 is 1.09 bits per heavy atom. The fraction of sp³-hybridized carbons (Fsp3) is 0.357. The molecule has 1 aliphatic heterocycles. The van der Waals surface area contributed by atoms with E-state index in [-0.39, 0.29) is 30.2 Å². The highest BCUT2D eigenvalue weighted by Crippen LogP contribution is 2.33. The number of amides is 3. The molecule has 0 saturated heterocycles. The normalized spacial score (nSPS) is 15.1. The van der Waals surface area contributed by atoms with Gasteiger partial charge >= 0.3 is 6.03 Å². The molecule has 4 rings (SSSR count). The molecule has 3 aromatic rings. The number of aromatic nitrogens is 1. The van der Waals surface area contributed by atoms with Crippen molar-refractivity contribution in [3.05, 3.63) is 89.0 Å². The summed E-state index contributed by atoms with van der Waals surface area (Å²) in [6.07, 6.45) is 1.98. The molecule has 1 N–H and O–H groups in total. The molecule has 35 heavy (non-hydrogen) atoms. The molecule has 0 fully saturated rings. The van der Waals surface area contributed by atoms with Crippen LogP contribution >= 0.6 is 0 Å². The maximum Gasteiger partial charge on any atom is 0.322 e. The molecule has 0 aliphatic carbocycles. The molecule has 0 radical (unpaired) electrons. The van der Waals surface area contributed by atoms with Crippen LogP contribution in [0.4, 0.5) is 14.9 Å². The van der Waals surface area contributed by atoms with E-state index < -0.39 is 6.04 Å². The zero-order valence-electron chi connectivity index (χ0n) is 20.8. The number of hydrogen-bond acceptors (Lipinski definition) is 2. The van der Waals surface area contributed by atoms with Crippen molar-refractivity contribution in [2.75, 3.05) is 25.0 Å². The zero-order chi connectivity index (χ0) is 25.1. The van der Waals surface area contributed by atoms with Gasteiger partial charge in [0.05, 0.1) is 6.04 Å². The first-order valence-electron chi connectivity index (χ1n) is 12.1. The van der Waals surface area contributed by atoms with Crippen molar-refractivity contribution >= 4 is 17.6 Å². The number of fused-ring (bicyclic) bond motifs is 1. The Balaban J connectivity index is 1.59. The van der Waals surface area contributed by atoms with Gasteiger partial charge in [0.2, 0.25) is 5.91 Å². The maximum atomic E-state index is 14.1. The molecule has 7 heteroatoms. The molecular weight excluding hydrogens is 443 g/mol. The van der Waals surface area contributed by atoms with Crippen LogP contribution in [0.2, 0.25) is 0 Å². The second-order valence-electron chi connectivity index (χ2n) is 9.62. The van der Waals surface area contributed by atoms with Gasteiger partial charge in [-0.2, -0.15) is 0 Å². The fourth-order valence-corrected chi connectivity index (χ4v) is 4.67. The number of rotatable bonds is 6. The summed E-state index contributed by atoms with van der Waals surface area (Å²) < 4.78 is 16.2. The summed E-state index contributed by atoms with van der Waals surface area (Å²) in [6, 6.07) is 15.4. The molecule has 3 amide bonds. The first-order chi connectivity index (χ1) is 16.7. The summed E-state index contributed by atoms with van der Waals surface area (Å²) >= 11 is 0. The largest absolute Gasteiger partial charge is 0.348 e. The Morgan fingerprint density at radius 2 is 1.86 bits per heavy atom. The van der Waals surface area contributed by atoms with E-state index in [4.69, 9.17) is 0 Å². The first kappa shape index (κ1) is 24.5. The second-order valence-corrected chi connectivity index (χ2v) is 9.62. The average Bonchev–Trinajstić information content (AvgIpc) is 3.29. The number of nitrogens with zero attached hydrogens (tertiary/aromatic N) is 3. The molecule has 1 aromatic heterocycles. The highest BCUT2D eigenvalue weighted by molar-refractivity contribution is 5.93. The van der Waals surface area contributed by atoms with Crippen molar-refractivity contribution < 1.29 is 14.0 Å². The van der Waals surface area contributed by atoms with E-state index in [1.807, 2.05) is 70.3 Å². The molecule has 1 aliphatic rings. The van der Waals surface area contributed by atoms with Gasteiger partial charge in [-0.05, 0) is 66.8 Å². The highest BCUT2D eigenvalue weighted by atomic mass is 19.1. The summed E-state index contributed by atoms with van der Waals surface area (Å²) in [6.45, 7) is 9.53. The Morgan fingerprint density at radius 3 is 2.60 bits per heavy atom. The van der Waals surface area contributed by atoms with Gasteiger partial charge in [0.25, 0.3) is 0 Å². The van der Waals surface area contributed by atoms with Gasteiger partial charge in [0.1, 0.15) is 12.4 Å². The van der Waals surface area contributed by atoms with E-state index in [0.29, 0.717) is 25.2 Å². The SMILES string of the molecule is Cc1cccc(NC(=O)N(CC(=O)N2CCn3cccc3C2c2cccc(F)c2)CC(C)C)c1C. The Hall–Kier alpha value is -3.61. The minimum Gasteiger partial charge on any atom is -0.348 e. The Kier molecular flexibility index (Phi) is 7.24. The van der Waals surface area contributed by atoms with E-state index in [2.05, 4.69) is 9.88 Å². The van der Waals surface area contributed by atoms with Crippen LogP contribution in [0.1, 0.15) is 42.3 Å². The summed E-state index contributed by atoms with van der Waals surface area (Å²) in [4.78, 5) is 30.3. The Bertz CT molecular complexity index is 1220. The number of carbonyl (C=O) groups is 2. The molecule has 2 aromatic carbocycles. The number of anilines is 1. The van der Waals surface area contributed by atoms with Gasteiger partial charge in [-0.25, -0.2) is 9.18 Å². The van der Waals surface area contributed by atoms with Crippen LogP contribution in [0.15, 0.2) is 60.8 Å². The van der Waals surface area contributed by atoms with Crippen LogP contribution in [0.3, 0.4) is 0 Å². The highest BCUT2D eigenvalue weighted by Gasteiger charge is 2.33. The fourth-order valence-electron chi connectivity index (χ4n) is 4.67. The van der Waals surface area contributed by atoms with Crippen LogP contribution in [-0.2, 0) is 11.3 Å². The minimum absolute atomic E-state index is 0.0542. The predicted molar refractivity (Wildman–Crippen MR) is 136 cm³/mol. The van der Waals surface area contributed by atoms with E-state index in [1.54, 1.807) is 15.9 Å². The van der Waals surface area contributed by atoms with Crippen LogP contribution in [-0.4, -0.2) is 45.9 Å². The predicted octanol–water partition coefficient (Wildman–Crippen LogP) is 5.37. The van der Waals surface area contributed by atoms with Crippen molar-refractivity contribution in [1.82, 2.24) is 14.4 Å². The zero-order valence-corrected chi connectivity index (χ0v) is 20.8. The lowest BCUT2D eigenvalue weighted by molar-refractivity contribution is -0.134. The number of nitrogens with one attached hydrogen (secondary N) is 1. The summed E-state index contributed by atoms with van der Waals surface area (Å²) in [7, 11) is 0. The van der Waals surface area contributed by atoms with Crippen molar-refractivity contribution in [2.45, 2.75) is 40.3 Å². The number of aryl methyl sites for hydroxylation is 1. The van der Waals surface area contributed by atoms with Gasteiger partial charge in [-0.3, -0.25) is 4.79 Å². The summed E-state index contributed by atoms with van der Waals surface area (Å²) in [5.41, 5.74) is 4.48. The quantitative estimate of drug-likeness (QED) is 0.520. The van der Waals surface area contributed by atoms with Gasteiger partial charge < -0.3 is 19.7 Å². The number of carbonyl (C=O) groups excluding carboxylic acids is 2.